The Morgan fingerprint density at radius 1 is 1.37 bits per heavy atom. The van der Waals surface area contributed by atoms with Crippen LogP contribution in [-0.4, -0.2) is 32.1 Å². The molecule has 19 heavy (non-hydrogen) atoms. The molecule has 0 atom stereocenters. The van der Waals surface area contributed by atoms with Crippen molar-refractivity contribution in [1.82, 2.24) is 19.7 Å². The zero-order valence-electron chi connectivity index (χ0n) is 10.7. The lowest BCUT2D eigenvalue weighted by atomic mass is 10.1. The van der Waals surface area contributed by atoms with E-state index in [-0.39, 0.29) is 5.91 Å². The number of amides is 1. The van der Waals surface area contributed by atoms with Gasteiger partial charge in [-0.25, -0.2) is 0 Å². The maximum absolute atomic E-state index is 12.5. The van der Waals surface area contributed by atoms with E-state index in [4.69, 9.17) is 5.73 Å². The third kappa shape index (κ3) is 2.05. The van der Waals surface area contributed by atoms with Crippen molar-refractivity contribution < 1.29 is 4.79 Å². The number of nitrogens with two attached hydrogens (primary N) is 1. The smallest absolute Gasteiger partial charge is 0.256 e. The first-order chi connectivity index (χ1) is 9.15. The van der Waals surface area contributed by atoms with Gasteiger partial charge in [-0.1, -0.05) is 6.07 Å². The van der Waals surface area contributed by atoms with Crippen LogP contribution in [0.25, 0.3) is 0 Å². The van der Waals surface area contributed by atoms with Gasteiger partial charge in [0.15, 0.2) is 5.82 Å². The van der Waals surface area contributed by atoms with E-state index in [1.165, 1.54) is 0 Å². The molecular weight excluding hydrogens is 242 g/mol. The molecule has 0 fully saturated rings. The molecule has 0 saturated heterocycles. The van der Waals surface area contributed by atoms with Gasteiger partial charge in [0, 0.05) is 18.8 Å². The summed E-state index contributed by atoms with van der Waals surface area (Å²) >= 11 is 0. The average molecular weight is 257 g/mol. The van der Waals surface area contributed by atoms with Crippen molar-refractivity contribution in [3.63, 3.8) is 0 Å². The molecule has 6 heteroatoms. The molecule has 0 saturated carbocycles. The SMILES string of the molecule is Cc1ccc(C(=O)N2CCn3cnnc3C2)c(N)c1. The standard InChI is InChI=1S/C13H15N5O/c1-9-2-3-10(11(14)6-9)13(19)17-4-5-18-8-15-16-12(18)7-17/h2-3,6,8H,4-5,7,14H2,1H3. The lowest BCUT2D eigenvalue weighted by molar-refractivity contribution is 0.0708. The molecule has 98 valence electrons. The Labute approximate surface area is 110 Å². The van der Waals surface area contributed by atoms with Crippen LogP contribution >= 0.6 is 0 Å². The number of hydrogen-bond donors (Lipinski definition) is 1. The van der Waals surface area contributed by atoms with Crippen molar-refractivity contribution in [2.75, 3.05) is 12.3 Å². The van der Waals surface area contributed by atoms with Crippen LogP contribution in [0.15, 0.2) is 24.5 Å². The predicted octanol–water partition coefficient (Wildman–Crippen LogP) is 0.825. The molecule has 1 aliphatic rings. The summed E-state index contributed by atoms with van der Waals surface area (Å²) in [5.74, 6) is 0.761. The molecule has 0 bridgehead atoms. The maximum atomic E-state index is 12.5. The molecule has 2 N–H and O–H groups in total. The van der Waals surface area contributed by atoms with Gasteiger partial charge in [-0.3, -0.25) is 4.79 Å². The van der Waals surface area contributed by atoms with Crippen LogP contribution in [0.1, 0.15) is 21.7 Å². The van der Waals surface area contributed by atoms with Crippen LogP contribution in [-0.2, 0) is 13.1 Å². The predicted molar refractivity (Wildman–Crippen MR) is 70.4 cm³/mol. The van der Waals surface area contributed by atoms with Crippen molar-refractivity contribution in [1.29, 1.82) is 0 Å². The third-order valence-electron chi connectivity index (χ3n) is 3.36. The number of nitrogens with zero attached hydrogens (tertiary/aromatic N) is 4. The molecular formula is C13H15N5O. The molecule has 0 spiro atoms. The van der Waals surface area contributed by atoms with E-state index in [0.29, 0.717) is 24.3 Å². The van der Waals surface area contributed by atoms with Gasteiger partial charge in [0.25, 0.3) is 5.91 Å². The fraction of sp³-hybridized carbons (Fsp3) is 0.308. The summed E-state index contributed by atoms with van der Waals surface area (Å²) in [6.45, 7) is 3.80. The monoisotopic (exact) mass is 257 g/mol. The van der Waals surface area contributed by atoms with Gasteiger partial charge in [-0.05, 0) is 24.6 Å². The van der Waals surface area contributed by atoms with Crippen LogP contribution < -0.4 is 5.73 Å². The minimum absolute atomic E-state index is 0.0493. The Hall–Kier alpha value is -2.37. The molecule has 1 amide bonds. The van der Waals surface area contributed by atoms with Crippen LogP contribution in [0, 0.1) is 6.92 Å². The van der Waals surface area contributed by atoms with Gasteiger partial charge in [0.1, 0.15) is 6.33 Å². The van der Waals surface area contributed by atoms with E-state index in [2.05, 4.69) is 10.2 Å². The Bertz CT molecular complexity index is 634. The molecule has 0 aliphatic carbocycles. The molecule has 2 heterocycles. The molecule has 1 aliphatic heterocycles. The Kier molecular flexibility index (Phi) is 2.70. The van der Waals surface area contributed by atoms with E-state index < -0.39 is 0 Å². The minimum atomic E-state index is -0.0493. The van der Waals surface area contributed by atoms with E-state index >= 15 is 0 Å². The van der Waals surface area contributed by atoms with Crippen LogP contribution in [0.2, 0.25) is 0 Å². The minimum Gasteiger partial charge on any atom is -0.398 e. The first-order valence-electron chi connectivity index (χ1n) is 6.17. The van der Waals surface area contributed by atoms with Crippen molar-refractivity contribution in [2.24, 2.45) is 0 Å². The highest BCUT2D eigenvalue weighted by Gasteiger charge is 2.23. The number of carbonyl (C=O) groups is 1. The van der Waals surface area contributed by atoms with E-state index in [0.717, 1.165) is 17.9 Å². The fourth-order valence-electron chi connectivity index (χ4n) is 2.29. The van der Waals surface area contributed by atoms with Crippen LogP contribution in [0.5, 0.6) is 0 Å². The van der Waals surface area contributed by atoms with Crippen molar-refractivity contribution in [3.05, 3.63) is 41.5 Å². The zero-order chi connectivity index (χ0) is 13.4. The topological polar surface area (TPSA) is 77.0 Å². The summed E-state index contributed by atoms with van der Waals surface area (Å²) in [6, 6.07) is 5.50. The highest BCUT2D eigenvalue weighted by molar-refractivity contribution is 5.99. The molecule has 1 aromatic carbocycles. The van der Waals surface area contributed by atoms with Gasteiger partial charge < -0.3 is 15.2 Å². The molecule has 2 aromatic rings. The Morgan fingerprint density at radius 3 is 3.00 bits per heavy atom. The van der Waals surface area contributed by atoms with E-state index in [1.807, 2.05) is 23.6 Å². The number of benzene rings is 1. The summed E-state index contributed by atoms with van der Waals surface area (Å²) in [5, 5.41) is 7.86. The van der Waals surface area contributed by atoms with E-state index in [1.54, 1.807) is 17.3 Å². The zero-order valence-corrected chi connectivity index (χ0v) is 10.7. The third-order valence-corrected chi connectivity index (χ3v) is 3.36. The second-order valence-electron chi connectivity index (χ2n) is 4.76. The lowest BCUT2D eigenvalue weighted by Gasteiger charge is -2.27. The second-order valence-corrected chi connectivity index (χ2v) is 4.76. The quantitative estimate of drug-likeness (QED) is 0.767. The lowest BCUT2D eigenvalue weighted by Crippen LogP contribution is -2.38. The molecule has 0 radical (unpaired) electrons. The van der Waals surface area contributed by atoms with Gasteiger partial charge >= 0.3 is 0 Å². The number of aryl methyl sites for hydroxylation is 1. The van der Waals surface area contributed by atoms with Gasteiger partial charge in [-0.2, -0.15) is 0 Å². The molecule has 3 rings (SSSR count). The van der Waals surface area contributed by atoms with Crippen molar-refractivity contribution in [3.8, 4) is 0 Å². The summed E-state index contributed by atoms with van der Waals surface area (Å²) in [5.41, 5.74) is 8.05. The van der Waals surface area contributed by atoms with Crippen molar-refractivity contribution >= 4 is 11.6 Å². The Morgan fingerprint density at radius 2 is 2.21 bits per heavy atom. The van der Waals surface area contributed by atoms with Gasteiger partial charge in [0.2, 0.25) is 0 Å². The average Bonchev–Trinajstić information content (AvgIpc) is 2.85. The number of hydrogen-bond acceptors (Lipinski definition) is 4. The van der Waals surface area contributed by atoms with Crippen LogP contribution in [0.4, 0.5) is 5.69 Å². The number of fused-ring (bicyclic) bond motifs is 1. The van der Waals surface area contributed by atoms with Gasteiger partial charge in [-0.15, -0.1) is 10.2 Å². The largest absolute Gasteiger partial charge is 0.398 e. The summed E-state index contributed by atoms with van der Waals surface area (Å²) in [4.78, 5) is 14.2. The summed E-state index contributed by atoms with van der Waals surface area (Å²) in [7, 11) is 0. The van der Waals surface area contributed by atoms with Gasteiger partial charge in [0.05, 0.1) is 12.1 Å². The number of rotatable bonds is 1. The maximum Gasteiger partial charge on any atom is 0.256 e. The summed E-state index contributed by atoms with van der Waals surface area (Å²) in [6.07, 6.45) is 1.69. The normalized spacial score (nSPS) is 14.3. The Balaban J connectivity index is 1.85. The number of anilines is 1. The fourth-order valence-corrected chi connectivity index (χ4v) is 2.29. The molecule has 0 unspecified atom stereocenters. The number of carbonyl (C=O) groups excluding carboxylic acids is 1. The second kappa shape index (κ2) is 4.38. The highest BCUT2D eigenvalue weighted by atomic mass is 16.2. The van der Waals surface area contributed by atoms with Crippen LogP contribution in [0.3, 0.4) is 0 Å². The molecule has 1 aromatic heterocycles. The first kappa shape index (κ1) is 11.7. The van der Waals surface area contributed by atoms with Crippen molar-refractivity contribution in [2.45, 2.75) is 20.0 Å². The number of nitrogen functional groups attached to an aromatic ring is 1. The first-order valence-corrected chi connectivity index (χ1v) is 6.17. The number of aromatic nitrogens is 3. The summed E-state index contributed by atoms with van der Waals surface area (Å²) < 4.78 is 1.96. The highest BCUT2D eigenvalue weighted by Crippen LogP contribution is 2.19. The molecule has 6 nitrogen and oxygen atoms in total. The van der Waals surface area contributed by atoms with E-state index in [9.17, 15) is 4.79 Å².